The standard InChI is InChI=1S/C11H13N3O4/c15-9-5-12(6-9)11(16)10-3-8(14(17)18)4-13(10)7-1-2-7/h3-4,7,9,15H,1-2,5-6H2. The number of hydrogen-bond acceptors (Lipinski definition) is 4. The molecule has 2 aliphatic rings. The summed E-state index contributed by atoms with van der Waals surface area (Å²) in [5, 5.41) is 20.0. The molecule has 1 saturated carbocycles. The number of rotatable bonds is 3. The van der Waals surface area contributed by atoms with Crippen molar-refractivity contribution in [1.29, 1.82) is 0 Å². The lowest BCUT2D eigenvalue weighted by Crippen LogP contribution is -2.53. The van der Waals surface area contributed by atoms with E-state index in [0.29, 0.717) is 18.8 Å². The fourth-order valence-corrected chi connectivity index (χ4v) is 2.17. The highest BCUT2D eigenvalue weighted by Crippen LogP contribution is 2.38. The van der Waals surface area contributed by atoms with Gasteiger partial charge in [0.2, 0.25) is 0 Å². The van der Waals surface area contributed by atoms with Crippen molar-refractivity contribution < 1.29 is 14.8 Å². The molecule has 1 aliphatic carbocycles. The average molecular weight is 251 g/mol. The summed E-state index contributed by atoms with van der Waals surface area (Å²) in [6.45, 7) is 0.616. The zero-order valence-corrected chi connectivity index (χ0v) is 9.65. The van der Waals surface area contributed by atoms with Crippen LogP contribution < -0.4 is 0 Å². The van der Waals surface area contributed by atoms with E-state index in [9.17, 15) is 20.0 Å². The number of hydrogen-bond donors (Lipinski definition) is 1. The summed E-state index contributed by atoms with van der Waals surface area (Å²) in [6, 6.07) is 1.54. The van der Waals surface area contributed by atoms with Crippen molar-refractivity contribution >= 4 is 11.6 Å². The third kappa shape index (κ3) is 1.76. The van der Waals surface area contributed by atoms with Gasteiger partial charge in [0.05, 0.1) is 17.2 Å². The van der Waals surface area contributed by atoms with Crippen molar-refractivity contribution in [3.8, 4) is 0 Å². The van der Waals surface area contributed by atoms with E-state index < -0.39 is 11.0 Å². The number of aliphatic hydroxyl groups is 1. The zero-order chi connectivity index (χ0) is 12.9. The van der Waals surface area contributed by atoms with Gasteiger partial charge in [0.25, 0.3) is 11.6 Å². The molecule has 96 valence electrons. The topological polar surface area (TPSA) is 88.6 Å². The summed E-state index contributed by atoms with van der Waals surface area (Å²) in [5.41, 5.74) is 0.308. The van der Waals surface area contributed by atoms with Crippen LogP contribution in [0.1, 0.15) is 29.4 Å². The first-order chi connectivity index (χ1) is 8.56. The monoisotopic (exact) mass is 251 g/mol. The molecule has 18 heavy (non-hydrogen) atoms. The van der Waals surface area contributed by atoms with Crippen molar-refractivity contribution in [2.75, 3.05) is 13.1 Å². The van der Waals surface area contributed by atoms with Gasteiger partial charge in [-0.2, -0.15) is 0 Å². The Morgan fingerprint density at radius 1 is 1.44 bits per heavy atom. The Morgan fingerprint density at radius 3 is 2.61 bits per heavy atom. The van der Waals surface area contributed by atoms with Crippen LogP contribution in [-0.2, 0) is 0 Å². The molecule has 2 heterocycles. The number of carbonyl (C=O) groups excluding carboxylic acids is 1. The van der Waals surface area contributed by atoms with Crippen LogP contribution in [-0.4, -0.2) is 44.6 Å². The molecule has 1 aliphatic heterocycles. The number of nitro groups is 1. The lowest BCUT2D eigenvalue weighted by Gasteiger charge is -2.35. The predicted octanol–water partition coefficient (Wildman–Crippen LogP) is 0.548. The normalized spacial score (nSPS) is 19.7. The molecule has 0 unspecified atom stereocenters. The molecule has 0 atom stereocenters. The lowest BCUT2D eigenvalue weighted by atomic mass is 10.1. The number of β-amino-alcohol motifs (C(OH)–C–C–N with tert-alkyl or cyclic N) is 1. The molecular weight excluding hydrogens is 238 g/mol. The van der Waals surface area contributed by atoms with E-state index in [1.807, 2.05) is 0 Å². The van der Waals surface area contributed by atoms with Gasteiger partial charge in [0.15, 0.2) is 0 Å². The fourth-order valence-electron chi connectivity index (χ4n) is 2.17. The molecule has 1 aromatic rings. The van der Waals surface area contributed by atoms with Gasteiger partial charge in [-0.1, -0.05) is 0 Å². The van der Waals surface area contributed by atoms with Crippen molar-refractivity contribution in [3.05, 3.63) is 28.1 Å². The number of carbonyl (C=O) groups is 1. The van der Waals surface area contributed by atoms with Crippen LogP contribution in [0, 0.1) is 10.1 Å². The quantitative estimate of drug-likeness (QED) is 0.627. The largest absolute Gasteiger partial charge is 0.389 e. The lowest BCUT2D eigenvalue weighted by molar-refractivity contribution is -0.384. The molecule has 0 bridgehead atoms. The van der Waals surface area contributed by atoms with E-state index in [1.165, 1.54) is 17.2 Å². The molecule has 1 N–H and O–H groups in total. The average Bonchev–Trinajstić information content (AvgIpc) is 3.03. The van der Waals surface area contributed by atoms with E-state index in [0.717, 1.165) is 12.8 Å². The molecule has 7 heteroatoms. The second-order valence-corrected chi connectivity index (χ2v) is 4.84. The Morgan fingerprint density at radius 2 is 2.11 bits per heavy atom. The van der Waals surface area contributed by atoms with E-state index in [4.69, 9.17) is 0 Å². The minimum atomic E-state index is -0.486. The van der Waals surface area contributed by atoms with Crippen molar-refractivity contribution in [3.63, 3.8) is 0 Å². The third-order valence-electron chi connectivity index (χ3n) is 3.35. The second kappa shape index (κ2) is 3.81. The first kappa shape index (κ1) is 11.2. The molecule has 1 amide bonds. The maximum absolute atomic E-state index is 12.1. The van der Waals surface area contributed by atoms with Crippen LogP contribution in [0.5, 0.6) is 0 Å². The molecule has 1 aromatic heterocycles. The first-order valence-electron chi connectivity index (χ1n) is 5.90. The van der Waals surface area contributed by atoms with Gasteiger partial charge in [-0.15, -0.1) is 0 Å². The van der Waals surface area contributed by atoms with Gasteiger partial charge >= 0.3 is 0 Å². The zero-order valence-electron chi connectivity index (χ0n) is 9.65. The minimum absolute atomic E-state index is 0.0497. The highest BCUT2D eigenvalue weighted by Gasteiger charge is 2.35. The Kier molecular flexibility index (Phi) is 2.37. The van der Waals surface area contributed by atoms with Gasteiger partial charge in [0.1, 0.15) is 5.69 Å². The molecule has 2 fully saturated rings. The molecule has 7 nitrogen and oxygen atoms in total. The fraction of sp³-hybridized carbons (Fsp3) is 0.545. The first-order valence-corrected chi connectivity index (χ1v) is 5.90. The maximum Gasteiger partial charge on any atom is 0.287 e. The van der Waals surface area contributed by atoms with E-state index in [1.54, 1.807) is 4.57 Å². The molecule has 0 aromatic carbocycles. The molecule has 0 radical (unpaired) electrons. The van der Waals surface area contributed by atoms with Gasteiger partial charge < -0.3 is 14.6 Å². The number of nitrogens with zero attached hydrogens (tertiary/aromatic N) is 3. The van der Waals surface area contributed by atoms with Crippen LogP contribution in [0.15, 0.2) is 12.3 Å². The van der Waals surface area contributed by atoms with Crippen LogP contribution in [0.4, 0.5) is 5.69 Å². The molecule has 1 saturated heterocycles. The van der Waals surface area contributed by atoms with Crippen molar-refractivity contribution in [2.45, 2.75) is 25.0 Å². The van der Waals surface area contributed by atoms with Crippen molar-refractivity contribution in [1.82, 2.24) is 9.47 Å². The van der Waals surface area contributed by atoms with E-state index >= 15 is 0 Å². The van der Waals surface area contributed by atoms with E-state index in [2.05, 4.69) is 0 Å². The molecular formula is C11H13N3O4. The smallest absolute Gasteiger partial charge is 0.287 e. The summed E-state index contributed by atoms with van der Waals surface area (Å²) < 4.78 is 1.70. The van der Waals surface area contributed by atoms with Gasteiger partial charge in [-0.05, 0) is 12.8 Å². The van der Waals surface area contributed by atoms with Crippen LogP contribution in [0.25, 0.3) is 0 Å². The Bertz CT molecular complexity index is 514. The third-order valence-corrected chi connectivity index (χ3v) is 3.35. The van der Waals surface area contributed by atoms with Gasteiger partial charge in [-0.25, -0.2) is 0 Å². The highest BCUT2D eigenvalue weighted by atomic mass is 16.6. The summed E-state index contributed by atoms with van der Waals surface area (Å²) in [4.78, 5) is 23.9. The summed E-state index contributed by atoms with van der Waals surface area (Å²) >= 11 is 0. The van der Waals surface area contributed by atoms with Crippen molar-refractivity contribution in [2.24, 2.45) is 0 Å². The van der Waals surface area contributed by atoms with E-state index in [-0.39, 0.29) is 17.6 Å². The molecule has 0 spiro atoms. The van der Waals surface area contributed by atoms with Crippen LogP contribution in [0.3, 0.4) is 0 Å². The number of amides is 1. The second-order valence-electron chi connectivity index (χ2n) is 4.84. The maximum atomic E-state index is 12.1. The summed E-state index contributed by atoms with van der Waals surface area (Å²) in [6.07, 6.45) is 2.87. The Balaban J connectivity index is 1.89. The Hall–Kier alpha value is -1.89. The molecule has 3 rings (SSSR count). The summed E-state index contributed by atoms with van der Waals surface area (Å²) in [5.74, 6) is -0.236. The SMILES string of the molecule is O=C(c1cc([N+](=O)[O-])cn1C1CC1)N1CC(O)C1. The van der Waals surface area contributed by atoms with Crippen LogP contribution >= 0.6 is 0 Å². The highest BCUT2D eigenvalue weighted by molar-refractivity contribution is 5.94. The predicted molar refractivity (Wildman–Crippen MR) is 61.3 cm³/mol. The summed E-state index contributed by atoms with van der Waals surface area (Å²) in [7, 11) is 0. The number of aliphatic hydroxyl groups excluding tert-OH is 1. The minimum Gasteiger partial charge on any atom is -0.389 e. The number of likely N-dealkylation sites (tertiary alicyclic amines) is 1. The van der Waals surface area contributed by atoms with Crippen LogP contribution in [0.2, 0.25) is 0 Å². The Labute approximate surface area is 103 Å². The number of aromatic nitrogens is 1. The van der Waals surface area contributed by atoms with Gasteiger partial charge in [0, 0.05) is 25.2 Å². The van der Waals surface area contributed by atoms with Gasteiger partial charge in [-0.3, -0.25) is 14.9 Å².